The van der Waals surface area contributed by atoms with Crippen LogP contribution in [0.3, 0.4) is 0 Å². The van der Waals surface area contributed by atoms with Gasteiger partial charge in [0.15, 0.2) is 0 Å². The van der Waals surface area contributed by atoms with E-state index in [1.54, 1.807) is 18.1 Å². The Kier molecular flexibility index (Phi) is 5.00. The molecule has 6 heteroatoms. The molecule has 0 radical (unpaired) electrons. The van der Waals surface area contributed by atoms with Crippen molar-refractivity contribution in [3.05, 3.63) is 65.2 Å². The van der Waals surface area contributed by atoms with Crippen molar-refractivity contribution in [3.8, 4) is 5.75 Å². The van der Waals surface area contributed by atoms with Crippen LogP contribution < -0.4 is 10.1 Å². The minimum Gasteiger partial charge on any atom is -0.497 e. The number of ether oxygens (including phenoxy) is 2. The fourth-order valence-electron chi connectivity index (χ4n) is 2.93. The van der Waals surface area contributed by atoms with Crippen LogP contribution in [-0.2, 0) is 16.1 Å². The number of fused-ring (bicyclic) bond motifs is 1. The Morgan fingerprint density at radius 3 is 2.52 bits per heavy atom. The molecule has 1 N–H and O–H groups in total. The van der Waals surface area contributed by atoms with E-state index in [1.807, 2.05) is 42.5 Å². The summed E-state index contributed by atoms with van der Waals surface area (Å²) in [4.78, 5) is 26.0. The summed E-state index contributed by atoms with van der Waals surface area (Å²) < 4.78 is 9.85. The maximum Gasteiger partial charge on any atom is 0.319 e. The summed E-state index contributed by atoms with van der Waals surface area (Å²) in [5.41, 5.74) is 2.50. The van der Waals surface area contributed by atoms with E-state index in [2.05, 4.69) is 10.1 Å². The molecule has 6 nitrogen and oxygen atoms in total. The lowest BCUT2D eigenvalue weighted by atomic mass is 10.1. The van der Waals surface area contributed by atoms with Crippen LogP contribution in [-0.4, -0.2) is 37.5 Å². The molecule has 1 aliphatic rings. The molecule has 0 aliphatic carbocycles. The van der Waals surface area contributed by atoms with Gasteiger partial charge in [0.05, 0.1) is 20.8 Å². The molecule has 0 saturated heterocycles. The third kappa shape index (κ3) is 3.49. The quantitative estimate of drug-likeness (QED) is 0.816. The molecule has 1 heterocycles. The van der Waals surface area contributed by atoms with Crippen LogP contribution in [0.5, 0.6) is 5.75 Å². The van der Waals surface area contributed by atoms with Crippen molar-refractivity contribution in [2.45, 2.75) is 12.7 Å². The monoisotopic (exact) mass is 340 g/mol. The highest BCUT2D eigenvalue weighted by Crippen LogP contribution is 2.33. The topological polar surface area (TPSA) is 67.9 Å². The van der Waals surface area contributed by atoms with Crippen molar-refractivity contribution < 1.29 is 19.1 Å². The molecule has 3 rings (SSSR count). The summed E-state index contributed by atoms with van der Waals surface area (Å²) in [7, 11) is 2.95. The lowest BCUT2D eigenvalue weighted by molar-refractivity contribution is -0.139. The molecule has 1 amide bonds. The molecule has 0 saturated carbocycles. The number of hydrogen-bond donors (Lipinski definition) is 1. The zero-order valence-electron chi connectivity index (χ0n) is 14.2. The average molecular weight is 340 g/mol. The maximum atomic E-state index is 12.8. The molecule has 2 aromatic rings. The maximum absolute atomic E-state index is 12.8. The van der Waals surface area contributed by atoms with E-state index >= 15 is 0 Å². The van der Waals surface area contributed by atoms with Crippen molar-refractivity contribution in [2.75, 3.05) is 20.8 Å². The second kappa shape index (κ2) is 7.36. The number of methoxy groups -OCH3 is 2. The Morgan fingerprint density at radius 1 is 1.12 bits per heavy atom. The van der Waals surface area contributed by atoms with Crippen LogP contribution in [0, 0.1) is 0 Å². The molecular weight excluding hydrogens is 320 g/mol. The Hall–Kier alpha value is -2.86. The fraction of sp³-hybridized carbons (Fsp3) is 0.263. The van der Waals surface area contributed by atoms with Gasteiger partial charge in [-0.05, 0) is 23.8 Å². The van der Waals surface area contributed by atoms with E-state index in [9.17, 15) is 9.59 Å². The van der Waals surface area contributed by atoms with Gasteiger partial charge in [-0.3, -0.25) is 14.9 Å². The third-order valence-electron chi connectivity index (χ3n) is 4.24. The van der Waals surface area contributed by atoms with Gasteiger partial charge in [-0.15, -0.1) is 0 Å². The Morgan fingerprint density at radius 2 is 1.84 bits per heavy atom. The minimum atomic E-state index is -0.374. The minimum absolute atomic E-state index is 0.0297. The third-order valence-corrected chi connectivity index (χ3v) is 4.24. The fourth-order valence-corrected chi connectivity index (χ4v) is 2.93. The molecule has 2 aromatic carbocycles. The normalized spacial score (nSPS) is 15.8. The second-order valence-electron chi connectivity index (χ2n) is 5.73. The molecule has 1 atom stereocenters. The van der Waals surface area contributed by atoms with Crippen molar-refractivity contribution in [2.24, 2.45) is 0 Å². The Balaban J connectivity index is 1.84. The van der Waals surface area contributed by atoms with Crippen LogP contribution in [0.1, 0.15) is 27.7 Å². The predicted octanol–water partition coefficient (Wildman–Crippen LogP) is 2.11. The SMILES string of the molecule is COC(=O)CN[C@@H]1c2ccccc2C(=O)N1Cc1ccc(OC)cc1. The van der Waals surface area contributed by atoms with Crippen LogP contribution in [0.15, 0.2) is 48.5 Å². The Bertz CT molecular complexity index is 773. The summed E-state index contributed by atoms with van der Waals surface area (Å²) in [5, 5.41) is 3.12. The zero-order chi connectivity index (χ0) is 17.8. The average Bonchev–Trinajstić information content (AvgIpc) is 2.92. The van der Waals surface area contributed by atoms with E-state index in [-0.39, 0.29) is 24.6 Å². The number of benzene rings is 2. The van der Waals surface area contributed by atoms with Gasteiger partial charge in [-0.2, -0.15) is 0 Å². The van der Waals surface area contributed by atoms with Gasteiger partial charge in [0, 0.05) is 17.7 Å². The summed E-state index contributed by atoms with van der Waals surface area (Å²) in [5.74, 6) is 0.329. The number of carbonyl (C=O) groups excluding carboxylic acids is 2. The number of hydrogen-bond acceptors (Lipinski definition) is 5. The molecule has 0 aromatic heterocycles. The number of amides is 1. The molecule has 0 spiro atoms. The summed E-state index contributed by atoms with van der Waals surface area (Å²) >= 11 is 0. The zero-order valence-corrected chi connectivity index (χ0v) is 14.2. The second-order valence-corrected chi connectivity index (χ2v) is 5.73. The van der Waals surface area contributed by atoms with Crippen LogP contribution in [0.25, 0.3) is 0 Å². The van der Waals surface area contributed by atoms with Crippen molar-refractivity contribution in [1.29, 1.82) is 0 Å². The first-order valence-corrected chi connectivity index (χ1v) is 7.97. The highest BCUT2D eigenvalue weighted by atomic mass is 16.5. The largest absolute Gasteiger partial charge is 0.497 e. The molecule has 25 heavy (non-hydrogen) atoms. The number of nitrogens with zero attached hydrogens (tertiary/aromatic N) is 1. The highest BCUT2D eigenvalue weighted by Gasteiger charge is 2.36. The number of esters is 1. The molecule has 1 aliphatic heterocycles. The first-order chi connectivity index (χ1) is 12.1. The Labute approximate surface area is 146 Å². The van der Waals surface area contributed by atoms with Gasteiger partial charge in [0.2, 0.25) is 0 Å². The van der Waals surface area contributed by atoms with Crippen molar-refractivity contribution in [1.82, 2.24) is 10.2 Å². The standard InChI is InChI=1S/C19H20N2O4/c1-24-14-9-7-13(8-10-14)12-21-18(20-11-17(22)25-2)15-5-3-4-6-16(15)19(21)23/h3-10,18,20H,11-12H2,1-2H3/t18-/m0/s1. The van der Waals surface area contributed by atoms with Gasteiger partial charge >= 0.3 is 5.97 Å². The lowest BCUT2D eigenvalue weighted by Gasteiger charge is -2.26. The van der Waals surface area contributed by atoms with Crippen molar-refractivity contribution >= 4 is 11.9 Å². The van der Waals surface area contributed by atoms with E-state index in [4.69, 9.17) is 4.74 Å². The molecule has 130 valence electrons. The van der Waals surface area contributed by atoms with Gasteiger partial charge < -0.3 is 14.4 Å². The van der Waals surface area contributed by atoms with Gasteiger partial charge in [0.1, 0.15) is 11.9 Å². The predicted molar refractivity (Wildman–Crippen MR) is 92.1 cm³/mol. The lowest BCUT2D eigenvalue weighted by Crippen LogP contribution is -2.38. The van der Waals surface area contributed by atoms with E-state index in [0.717, 1.165) is 16.9 Å². The first-order valence-electron chi connectivity index (χ1n) is 7.97. The van der Waals surface area contributed by atoms with E-state index in [1.165, 1.54) is 7.11 Å². The molecule has 0 bridgehead atoms. The first kappa shape index (κ1) is 17.0. The van der Waals surface area contributed by atoms with E-state index in [0.29, 0.717) is 12.1 Å². The van der Waals surface area contributed by atoms with Gasteiger partial charge in [-0.1, -0.05) is 30.3 Å². The number of carbonyl (C=O) groups is 2. The summed E-state index contributed by atoms with van der Waals surface area (Å²) in [6, 6.07) is 15.0. The number of nitrogens with one attached hydrogen (secondary N) is 1. The van der Waals surface area contributed by atoms with Crippen LogP contribution in [0.4, 0.5) is 0 Å². The van der Waals surface area contributed by atoms with Gasteiger partial charge in [-0.25, -0.2) is 0 Å². The summed E-state index contributed by atoms with van der Waals surface area (Å²) in [6.07, 6.45) is -0.370. The van der Waals surface area contributed by atoms with E-state index < -0.39 is 0 Å². The molecular formula is C19H20N2O4. The molecule has 0 fully saturated rings. The van der Waals surface area contributed by atoms with Crippen LogP contribution in [0.2, 0.25) is 0 Å². The highest BCUT2D eigenvalue weighted by molar-refractivity contribution is 5.99. The molecule has 0 unspecified atom stereocenters. The summed E-state index contributed by atoms with van der Waals surface area (Å²) in [6.45, 7) is 0.457. The smallest absolute Gasteiger partial charge is 0.319 e. The number of rotatable bonds is 6. The van der Waals surface area contributed by atoms with Gasteiger partial charge in [0.25, 0.3) is 5.91 Å². The van der Waals surface area contributed by atoms with Crippen molar-refractivity contribution in [3.63, 3.8) is 0 Å². The van der Waals surface area contributed by atoms with Crippen LogP contribution >= 0.6 is 0 Å².